The van der Waals surface area contributed by atoms with E-state index in [0.717, 1.165) is 0 Å². The quantitative estimate of drug-likeness (QED) is 0.150. The first-order valence-electron chi connectivity index (χ1n) is 13.3. The van der Waals surface area contributed by atoms with Gasteiger partial charge >= 0.3 is 21.7 Å². The predicted octanol–water partition coefficient (Wildman–Crippen LogP) is -2.88. The van der Waals surface area contributed by atoms with E-state index >= 15 is 0 Å². The average Bonchev–Trinajstić information content (AvgIpc) is 3.03. The molecule has 1 atom stereocenters. The predicted molar refractivity (Wildman–Crippen MR) is 169 cm³/mol. The third-order valence-electron chi connectivity index (χ3n) is 8.57. The zero-order chi connectivity index (χ0) is 26.5. The van der Waals surface area contributed by atoms with E-state index in [-0.39, 0.29) is 64.0 Å². The van der Waals surface area contributed by atoms with Crippen LogP contribution in [0.3, 0.4) is 0 Å². The van der Waals surface area contributed by atoms with Gasteiger partial charge in [0.25, 0.3) is 0 Å². The molecule has 1 unspecified atom stereocenters. The molecule has 0 bridgehead atoms. The second-order valence-electron chi connectivity index (χ2n) is 12.9. The van der Waals surface area contributed by atoms with Gasteiger partial charge in [0.2, 0.25) is 0 Å². The Bertz CT molecular complexity index is 1270. The number of hydrogen-bond acceptors (Lipinski definition) is 0. The van der Waals surface area contributed by atoms with Crippen molar-refractivity contribution in [1.82, 2.24) is 0 Å². The summed E-state index contributed by atoms with van der Waals surface area (Å²) in [5, 5.41) is 7.49. The zero-order valence-electron chi connectivity index (χ0n) is 25.6. The fourth-order valence-corrected chi connectivity index (χ4v) is 14.8. The van der Waals surface area contributed by atoms with Crippen LogP contribution < -0.4 is 63.2 Å². The van der Waals surface area contributed by atoms with Gasteiger partial charge in [-0.25, -0.2) is 5.57 Å². The molecule has 0 heterocycles. The van der Waals surface area contributed by atoms with Gasteiger partial charge in [-0.05, 0) is 15.6 Å². The molecule has 3 aromatic carbocycles. The molecule has 0 saturated carbocycles. The summed E-state index contributed by atoms with van der Waals surface area (Å²) in [5.74, 6) is 0. The van der Waals surface area contributed by atoms with Crippen molar-refractivity contribution in [3.8, 4) is 0 Å². The number of halogens is 3. The second-order valence-corrected chi connectivity index (χ2v) is 27.3. The van der Waals surface area contributed by atoms with Crippen molar-refractivity contribution < 1.29 is 58.9 Å². The summed E-state index contributed by atoms with van der Waals surface area (Å²) in [5.41, 5.74) is 4.20. The first kappa shape index (κ1) is 39.4. The monoisotopic (exact) mass is 676 g/mol. The third-order valence-corrected chi connectivity index (χ3v) is 18.2. The summed E-state index contributed by atoms with van der Waals surface area (Å²) in [6.07, 6.45) is 4.11. The molecule has 3 aromatic rings. The Kier molecular flexibility index (Phi) is 14.0. The van der Waals surface area contributed by atoms with Gasteiger partial charge in [0, 0.05) is 0 Å². The molecule has 1 aliphatic rings. The maximum Gasteiger partial charge on any atom is 4.00 e. The molecule has 0 aliphatic heterocycles. The van der Waals surface area contributed by atoms with Crippen molar-refractivity contribution in [1.29, 1.82) is 0 Å². The molecule has 4 rings (SSSR count). The Morgan fingerprint density at radius 3 is 1.20 bits per heavy atom. The van der Waals surface area contributed by atoms with Crippen LogP contribution in [0.5, 0.6) is 0 Å². The summed E-state index contributed by atoms with van der Waals surface area (Å²) in [7, 11) is -5.74. The van der Waals surface area contributed by atoms with Gasteiger partial charge in [-0.15, -0.1) is 6.92 Å². The molecule has 0 spiro atoms. The van der Waals surface area contributed by atoms with Gasteiger partial charge in [0.1, 0.15) is 8.07 Å². The van der Waals surface area contributed by atoms with Crippen LogP contribution in [0.25, 0.3) is 0 Å². The normalized spacial score (nSPS) is 17.1. The minimum Gasteiger partial charge on any atom is -1.00 e. The van der Waals surface area contributed by atoms with Crippen LogP contribution >= 0.6 is 0 Å². The largest absolute Gasteiger partial charge is 4.00 e. The molecule has 0 fully saturated rings. The third kappa shape index (κ3) is 6.78. The van der Waals surface area contributed by atoms with E-state index < -0.39 is 24.2 Å². The Hall–Kier alpha value is -0.625. The van der Waals surface area contributed by atoms with Gasteiger partial charge in [-0.3, -0.25) is 6.08 Å². The van der Waals surface area contributed by atoms with E-state index in [0.29, 0.717) is 0 Å². The molecule has 0 aromatic heterocycles. The molecule has 0 N–H and O–H groups in total. The Labute approximate surface area is 280 Å². The van der Waals surface area contributed by atoms with Crippen molar-refractivity contribution in [2.75, 3.05) is 0 Å². The Morgan fingerprint density at radius 1 is 0.550 bits per heavy atom. The average molecular weight is 678 g/mol. The van der Waals surface area contributed by atoms with Crippen LogP contribution in [0.2, 0.25) is 44.3 Å². The molecule has 0 amide bonds. The number of benzene rings is 3. The minimum absolute atomic E-state index is 0. The molecule has 0 saturated heterocycles. The standard InChI is InChI=1S/C33H43Si3.3ClH.Ti/c1-25-24-33(4,27(3)26(25)2)36(28-17-13-11-14-18-28,29-19-15-12-16-20-29)32-22-30(34(5,6)7)21-31(23-32)35(8,9)10;;;;/h11-23H,1-10H3;3*1H;/q-1;;;;+4/p-3. The fourth-order valence-electron chi connectivity index (χ4n) is 6.05. The van der Waals surface area contributed by atoms with Crippen molar-refractivity contribution in [3.63, 3.8) is 0 Å². The molecular weight excluding hydrogens is 635 g/mol. The van der Waals surface area contributed by atoms with Crippen LogP contribution in [0, 0.1) is 6.08 Å². The van der Waals surface area contributed by atoms with Crippen LogP contribution in [0.15, 0.2) is 95.6 Å². The number of rotatable bonds is 6. The molecule has 40 heavy (non-hydrogen) atoms. The molecule has 1 aliphatic carbocycles. The Morgan fingerprint density at radius 2 is 0.900 bits per heavy atom. The van der Waals surface area contributed by atoms with Gasteiger partial charge in [0.15, 0.2) is 0 Å². The molecule has 7 heteroatoms. The summed E-state index contributed by atoms with van der Waals surface area (Å²) < 4.78 is 0. The van der Waals surface area contributed by atoms with E-state index in [2.05, 4.69) is 152 Å². The SMILES string of the molecule is CC1=[C-]C(C)([Si](c2ccccc2)(c2ccccc2)c2cc([Si](C)(C)C)cc([Si](C)(C)C)c2)C(C)=C1C.[Cl-].[Cl-].[Cl-].[Ti+4]. The summed E-state index contributed by atoms with van der Waals surface area (Å²) >= 11 is 0. The maximum atomic E-state index is 4.11. The molecule has 0 radical (unpaired) electrons. The van der Waals surface area contributed by atoms with Gasteiger partial charge in [-0.2, -0.15) is 11.1 Å². The van der Waals surface area contributed by atoms with E-state index in [4.69, 9.17) is 0 Å². The zero-order valence-corrected chi connectivity index (χ0v) is 32.5. The van der Waals surface area contributed by atoms with Crippen LogP contribution in [-0.2, 0) is 21.7 Å². The van der Waals surface area contributed by atoms with Gasteiger partial charge < -0.3 is 37.2 Å². The maximum absolute atomic E-state index is 4.11. The van der Waals surface area contributed by atoms with Crippen molar-refractivity contribution in [2.24, 2.45) is 0 Å². The molecule has 212 valence electrons. The van der Waals surface area contributed by atoms with Gasteiger partial charge in [0.05, 0.1) is 16.1 Å². The van der Waals surface area contributed by atoms with E-state index in [1.807, 2.05) is 0 Å². The smallest absolute Gasteiger partial charge is 1.00 e. The van der Waals surface area contributed by atoms with Crippen LogP contribution in [0.1, 0.15) is 27.7 Å². The van der Waals surface area contributed by atoms with Crippen LogP contribution in [0.4, 0.5) is 0 Å². The molecular formula is C33H43Cl3Si3Ti. The van der Waals surface area contributed by atoms with E-state index in [1.54, 1.807) is 15.6 Å². The fraction of sp³-hybridized carbons (Fsp3) is 0.333. The Balaban J connectivity index is 0.00000380. The summed E-state index contributed by atoms with van der Waals surface area (Å²) in [6, 6.07) is 30.7. The molecule has 0 nitrogen and oxygen atoms in total. The minimum atomic E-state index is -2.63. The van der Waals surface area contributed by atoms with Crippen molar-refractivity contribution in [3.05, 3.63) is 102 Å². The number of hydrogen-bond donors (Lipinski definition) is 0. The second kappa shape index (κ2) is 14.2. The topological polar surface area (TPSA) is 0 Å². The number of allylic oxidation sites excluding steroid dienone is 4. The first-order valence-corrected chi connectivity index (χ1v) is 22.3. The van der Waals surface area contributed by atoms with Crippen LogP contribution in [-0.4, -0.2) is 24.2 Å². The van der Waals surface area contributed by atoms with E-state index in [9.17, 15) is 0 Å². The summed E-state index contributed by atoms with van der Waals surface area (Å²) in [6.45, 7) is 24.4. The summed E-state index contributed by atoms with van der Waals surface area (Å²) in [4.78, 5) is 0. The van der Waals surface area contributed by atoms with Crippen molar-refractivity contribution in [2.45, 2.75) is 72.0 Å². The van der Waals surface area contributed by atoms with E-state index in [1.165, 1.54) is 27.1 Å². The first-order chi connectivity index (χ1) is 16.7. The van der Waals surface area contributed by atoms with Crippen molar-refractivity contribution >= 4 is 50.2 Å². The van der Waals surface area contributed by atoms with Gasteiger partial charge in [-0.1, -0.05) is 154 Å².